The summed E-state index contributed by atoms with van der Waals surface area (Å²) >= 11 is 0. The molecule has 0 fully saturated rings. The van der Waals surface area contributed by atoms with E-state index in [1.54, 1.807) is 0 Å². The molecule has 0 amide bonds. The summed E-state index contributed by atoms with van der Waals surface area (Å²) in [7, 11) is 0. The van der Waals surface area contributed by atoms with E-state index in [2.05, 4.69) is 25.0 Å². The van der Waals surface area contributed by atoms with Crippen LogP contribution in [-0.4, -0.2) is 21.7 Å². The predicted molar refractivity (Wildman–Crippen MR) is 60.1 cm³/mol. The van der Waals surface area contributed by atoms with Crippen molar-refractivity contribution in [3.63, 3.8) is 0 Å². The van der Waals surface area contributed by atoms with Crippen LogP contribution in [0, 0.1) is 0 Å². The second kappa shape index (κ2) is 5.12. The standard InChI is InChI=1S/C10H10F3N5O/c11-10(12,13)6-3-7(14)17-9(4-6)15-2-1-8-16-5-19-18-8/h3-5H,1-2H2,(H3,14,15,17). The summed E-state index contributed by atoms with van der Waals surface area (Å²) < 4.78 is 42.2. The number of rotatable bonds is 4. The van der Waals surface area contributed by atoms with Crippen molar-refractivity contribution < 1.29 is 17.7 Å². The molecule has 0 aromatic carbocycles. The molecular weight excluding hydrogens is 263 g/mol. The summed E-state index contributed by atoms with van der Waals surface area (Å²) in [4.78, 5) is 7.55. The van der Waals surface area contributed by atoms with E-state index in [1.807, 2.05) is 0 Å². The number of nitrogens with one attached hydrogen (secondary N) is 1. The lowest BCUT2D eigenvalue weighted by Gasteiger charge is -2.10. The van der Waals surface area contributed by atoms with Crippen molar-refractivity contribution in [3.8, 4) is 0 Å². The number of nitrogens with zero attached hydrogens (tertiary/aromatic N) is 3. The second-order valence-corrected chi connectivity index (χ2v) is 3.69. The summed E-state index contributed by atoms with van der Waals surface area (Å²) in [6.07, 6.45) is -2.88. The molecule has 2 rings (SSSR count). The van der Waals surface area contributed by atoms with E-state index >= 15 is 0 Å². The first-order valence-corrected chi connectivity index (χ1v) is 5.29. The minimum atomic E-state index is -4.46. The molecule has 0 saturated carbocycles. The number of anilines is 2. The quantitative estimate of drug-likeness (QED) is 0.881. The highest BCUT2D eigenvalue weighted by molar-refractivity contribution is 5.47. The van der Waals surface area contributed by atoms with Crippen LogP contribution in [0.4, 0.5) is 24.8 Å². The molecule has 0 aliphatic heterocycles. The highest BCUT2D eigenvalue weighted by Gasteiger charge is 2.31. The Labute approximate surface area is 105 Å². The van der Waals surface area contributed by atoms with Crippen molar-refractivity contribution in [2.24, 2.45) is 0 Å². The van der Waals surface area contributed by atoms with E-state index in [1.165, 1.54) is 6.39 Å². The van der Waals surface area contributed by atoms with E-state index in [0.29, 0.717) is 18.8 Å². The molecule has 3 N–H and O–H groups in total. The zero-order valence-corrected chi connectivity index (χ0v) is 9.61. The topological polar surface area (TPSA) is 89.9 Å². The Morgan fingerprint density at radius 2 is 2.11 bits per heavy atom. The molecule has 0 radical (unpaired) electrons. The molecule has 6 nitrogen and oxygen atoms in total. The lowest BCUT2D eigenvalue weighted by molar-refractivity contribution is -0.137. The van der Waals surface area contributed by atoms with Crippen LogP contribution >= 0.6 is 0 Å². The Morgan fingerprint density at radius 3 is 2.74 bits per heavy atom. The number of halogens is 3. The van der Waals surface area contributed by atoms with Gasteiger partial charge < -0.3 is 15.6 Å². The molecule has 0 atom stereocenters. The zero-order chi connectivity index (χ0) is 13.9. The van der Waals surface area contributed by atoms with Gasteiger partial charge in [0.1, 0.15) is 11.6 Å². The summed E-state index contributed by atoms with van der Waals surface area (Å²) in [5.41, 5.74) is 4.49. The predicted octanol–water partition coefficient (Wildman–Crippen LogP) is 1.72. The van der Waals surface area contributed by atoms with Crippen molar-refractivity contribution in [3.05, 3.63) is 29.9 Å². The maximum Gasteiger partial charge on any atom is 0.416 e. The normalized spacial score (nSPS) is 11.5. The van der Waals surface area contributed by atoms with Crippen molar-refractivity contribution in [1.82, 2.24) is 15.1 Å². The van der Waals surface area contributed by atoms with Crippen LogP contribution in [-0.2, 0) is 12.6 Å². The molecule has 0 aliphatic carbocycles. The fraction of sp³-hybridized carbons (Fsp3) is 0.300. The number of hydrogen-bond acceptors (Lipinski definition) is 6. The Bertz CT molecular complexity index is 541. The summed E-state index contributed by atoms with van der Waals surface area (Å²) in [5, 5.41) is 6.29. The van der Waals surface area contributed by atoms with Crippen LogP contribution in [0.25, 0.3) is 0 Å². The van der Waals surface area contributed by atoms with Crippen molar-refractivity contribution in [2.45, 2.75) is 12.6 Å². The Kier molecular flexibility index (Phi) is 3.54. The van der Waals surface area contributed by atoms with Gasteiger partial charge in [0.2, 0.25) is 6.39 Å². The van der Waals surface area contributed by atoms with Crippen LogP contribution in [0.1, 0.15) is 11.4 Å². The molecule has 0 bridgehead atoms. The van der Waals surface area contributed by atoms with Crippen LogP contribution < -0.4 is 11.1 Å². The number of nitrogens with two attached hydrogens (primary N) is 1. The molecular formula is C10H10F3N5O. The van der Waals surface area contributed by atoms with E-state index in [0.717, 1.165) is 12.1 Å². The van der Waals surface area contributed by atoms with Gasteiger partial charge in [-0.05, 0) is 12.1 Å². The van der Waals surface area contributed by atoms with Gasteiger partial charge in [-0.25, -0.2) is 4.98 Å². The molecule has 0 spiro atoms. The monoisotopic (exact) mass is 273 g/mol. The maximum absolute atomic E-state index is 12.5. The van der Waals surface area contributed by atoms with Crippen LogP contribution in [0.5, 0.6) is 0 Å². The van der Waals surface area contributed by atoms with E-state index < -0.39 is 11.7 Å². The molecule has 2 heterocycles. The first kappa shape index (κ1) is 13.1. The Balaban J connectivity index is 2.02. The smallest absolute Gasteiger partial charge is 0.384 e. The van der Waals surface area contributed by atoms with Gasteiger partial charge in [0.05, 0.1) is 5.56 Å². The highest BCUT2D eigenvalue weighted by atomic mass is 19.4. The number of hydrogen-bond donors (Lipinski definition) is 2. The number of nitrogen functional groups attached to an aromatic ring is 1. The third-order valence-electron chi connectivity index (χ3n) is 2.23. The largest absolute Gasteiger partial charge is 0.416 e. The molecule has 2 aromatic heterocycles. The number of pyridine rings is 1. The van der Waals surface area contributed by atoms with Gasteiger partial charge in [-0.1, -0.05) is 5.16 Å². The van der Waals surface area contributed by atoms with Gasteiger partial charge in [-0.2, -0.15) is 18.2 Å². The first-order chi connectivity index (χ1) is 8.95. The lowest BCUT2D eigenvalue weighted by Crippen LogP contribution is -2.11. The van der Waals surface area contributed by atoms with Gasteiger partial charge in [-0.15, -0.1) is 0 Å². The van der Waals surface area contributed by atoms with Gasteiger partial charge >= 0.3 is 6.18 Å². The Morgan fingerprint density at radius 1 is 1.32 bits per heavy atom. The molecule has 0 aliphatic rings. The third-order valence-corrected chi connectivity index (χ3v) is 2.23. The van der Waals surface area contributed by atoms with Crippen LogP contribution in [0.3, 0.4) is 0 Å². The summed E-state index contributed by atoms with van der Waals surface area (Å²) in [6.45, 7) is 0.313. The molecule has 2 aromatic rings. The van der Waals surface area contributed by atoms with E-state index in [9.17, 15) is 13.2 Å². The molecule has 102 valence electrons. The fourth-order valence-electron chi connectivity index (χ4n) is 1.41. The van der Waals surface area contributed by atoms with Gasteiger partial charge in [0.25, 0.3) is 0 Å². The summed E-state index contributed by atoms with van der Waals surface area (Å²) in [6, 6.07) is 1.68. The second-order valence-electron chi connectivity index (χ2n) is 3.69. The van der Waals surface area contributed by atoms with Crippen LogP contribution in [0.15, 0.2) is 23.0 Å². The molecule has 0 saturated heterocycles. The highest BCUT2D eigenvalue weighted by Crippen LogP contribution is 2.31. The number of alkyl halides is 3. The van der Waals surface area contributed by atoms with Gasteiger partial charge in [-0.3, -0.25) is 0 Å². The lowest BCUT2D eigenvalue weighted by atomic mass is 10.2. The van der Waals surface area contributed by atoms with Crippen molar-refractivity contribution in [1.29, 1.82) is 0 Å². The van der Waals surface area contributed by atoms with Crippen LogP contribution in [0.2, 0.25) is 0 Å². The number of aromatic nitrogens is 3. The average Bonchev–Trinajstić information content (AvgIpc) is 2.80. The fourth-order valence-corrected chi connectivity index (χ4v) is 1.41. The SMILES string of the molecule is Nc1cc(C(F)(F)F)cc(NCCc2ncon2)n1. The molecule has 19 heavy (non-hydrogen) atoms. The zero-order valence-electron chi connectivity index (χ0n) is 9.61. The third kappa shape index (κ3) is 3.57. The first-order valence-electron chi connectivity index (χ1n) is 5.29. The Hall–Kier alpha value is -2.32. The average molecular weight is 273 g/mol. The minimum absolute atomic E-state index is 0.0517. The van der Waals surface area contributed by atoms with Crippen molar-refractivity contribution >= 4 is 11.6 Å². The summed E-state index contributed by atoms with van der Waals surface area (Å²) in [5.74, 6) is 0.306. The molecule has 9 heteroatoms. The van der Waals surface area contributed by atoms with E-state index in [4.69, 9.17) is 5.73 Å². The molecule has 0 unspecified atom stereocenters. The van der Waals surface area contributed by atoms with E-state index in [-0.39, 0.29) is 11.6 Å². The van der Waals surface area contributed by atoms with Crippen molar-refractivity contribution in [2.75, 3.05) is 17.6 Å². The van der Waals surface area contributed by atoms with Gasteiger partial charge in [0.15, 0.2) is 5.82 Å². The van der Waals surface area contributed by atoms with Gasteiger partial charge in [0, 0.05) is 13.0 Å². The minimum Gasteiger partial charge on any atom is -0.384 e. The maximum atomic E-state index is 12.5.